The van der Waals surface area contributed by atoms with Crippen LogP contribution in [0.1, 0.15) is 0 Å². The van der Waals surface area contributed by atoms with E-state index in [0.717, 1.165) is 22.1 Å². The third-order valence-electron chi connectivity index (χ3n) is 2.25. The molecule has 0 fully saturated rings. The van der Waals surface area contributed by atoms with E-state index in [-0.39, 0.29) is 59.1 Å². The van der Waals surface area contributed by atoms with E-state index in [0.29, 0.717) is 0 Å². The van der Waals surface area contributed by atoms with Crippen molar-refractivity contribution in [3.05, 3.63) is 48.5 Å². The van der Waals surface area contributed by atoms with Gasteiger partial charge in [0.2, 0.25) is 0 Å². The van der Waals surface area contributed by atoms with E-state index in [1.54, 1.807) is 0 Å². The van der Waals surface area contributed by atoms with Crippen molar-refractivity contribution in [1.82, 2.24) is 9.97 Å². The van der Waals surface area contributed by atoms with Crippen molar-refractivity contribution < 1.29 is 0 Å². The second-order valence-corrected chi connectivity index (χ2v) is 3.20. The van der Waals surface area contributed by atoms with Gasteiger partial charge in [0.25, 0.3) is 0 Å². The number of nitrogens with zero attached hydrogens (tertiary/aromatic N) is 2. The molecule has 1 aromatic heterocycles. The van der Waals surface area contributed by atoms with Crippen LogP contribution in [0.2, 0.25) is 0 Å². The van der Waals surface area contributed by atoms with Crippen LogP contribution in [-0.2, 0) is 0 Å². The molecule has 0 aliphatic heterocycles. The predicted molar refractivity (Wildman–Crippen MR) is 68.6 cm³/mol. The normalized spacial score (nSPS) is 9.50. The molecule has 0 saturated heterocycles. The maximum atomic E-state index is 4.52. The Hall–Kier alpha value is 0.0400. The first-order valence-corrected chi connectivity index (χ1v) is 4.55. The number of rotatable bonds is 0. The van der Waals surface area contributed by atoms with Crippen LogP contribution in [0.15, 0.2) is 48.5 Å². The summed E-state index contributed by atoms with van der Waals surface area (Å²) in [5.41, 5.74) is 3.80. The number of benzene rings is 2. The van der Waals surface area contributed by atoms with Crippen molar-refractivity contribution in [1.29, 1.82) is 0 Å². The first-order valence-electron chi connectivity index (χ1n) is 4.55. The van der Waals surface area contributed by atoms with Crippen LogP contribution < -0.4 is 0 Å². The minimum absolute atomic E-state index is 0. The van der Waals surface area contributed by atoms with E-state index in [2.05, 4.69) is 9.97 Å². The van der Waals surface area contributed by atoms with E-state index in [1.165, 1.54) is 0 Å². The fraction of sp³-hybridized carbons (Fsp3) is 0. The van der Waals surface area contributed by atoms with Gasteiger partial charge in [-0.1, -0.05) is 24.3 Å². The predicted octanol–water partition coefficient (Wildman–Crippen LogP) is 2.02. The average Bonchev–Trinajstić information content (AvgIpc) is 2.26. The van der Waals surface area contributed by atoms with Crippen molar-refractivity contribution in [2.24, 2.45) is 0 Å². The molecule has 2 nitrogen and oxygen atoms in total. The van der Waals surface area contributed by atoms with Crippen LogP contribution in [-0.4, -0.2) is 69.1 Å². The Morgan fingerprint density at radius 1 is 0.500 bits per heavy atom. The molecule has 3 rings (SSSR count). The third-order valence-corrected chi connectivity index (χ3v) is 2.25. The monoisotopic (exact) mass is 226 g/mol. The molecule has 0 spiro atoms. The van der Waals surface area contributed by atoms with Gasteiger partial charge in [0.1, 0.15) is 0 Å². The molecule has 4 heteroatoms. The van der Waals surface area contributed by atoms with Crippen LogP contribution in [0.25, 0.3) is 22.1 Å². The average molecular weight is 226 g/mol. The minimum Gasteiger partial charge on any atom is -0.245 e. The molecule has 0 atom stereocenters. The van der Waals surface area contributed by atoms with Gasteiger partial charge >= 0.3 is 0 Å². The zero-order chi connectivity index (χ0) is 9.38. The Morgan fingerprint density at radius 2 is 0.750 bits per heavy atom. The molecule has 0 saturated carbocycles. The van der Waals surface area contributed by atoms with Gasteiger partial charge in [-0.05, 0) is 24.3 Å². The maximum absolute atomic E-state index is 4.52. The van der Waals surface area contributed by atoms with Crippen LogP contribution in [0.4, 0.5) is 0 Å². The molecule has 2 aromatic carbocycles. The molecule has 2 radical (unpaired) electrons. The molecule has 0 N–H and O–H groups in total. The van der Waals surface area contributed by atoms with Gasteiger partial charge in [0.05, 0.1) is 22.1 Å². The number of aromatic nitrogens is 2. The standard InChI is InChI=1S/C12H8N2.2Na/c1-2-6-10-9(5-1)13-11-7-3-4-8-12(11)14-10;;/h1-8H;;. The maximum Gasteiger partial charge on any atom is 0.0894 e. The molecule has 0 aliphatic carbocycles. The molecule has 16 heavy (non-hydrogen) atoms. The summed E-state index contributed by atoms with van der Waals surface area (Å²) in [6.45, 7) is 0. The molecule has 0 amide bonds. The summed E-state index contributed by atoms with van der Waals surface area (Å²) >= 11 is 0. The van der Waals surface area contributed by atoms with Gasteiger partial charge in [-0.3, -0.25) is 0 Å². The van der Waals surface area contributed by atoms with Gasteiger partial charge in [-0.2, -0.15) is 0 Å². The van der Waals surface area contributed by atoms with Crippen LogP contribution in [0.5, 0.6) is 0 Å². The van der Waals surface area contributed by atoms with Gasteiger partial charge in [-0.25, -0.2) is 9.97 Å². The number of fused-ring (bicyclic) bond motifs is 2. The van der Waals surface area contributed by atoms with Crippen molar-refractivity contribution in [2.45, 2.75) is 0 Å². The smallest absolute Gasteiger partial charge is 0.0894 e. The van der Waals surface area contributed by atoms with Gasteiger partial charge in [0.15, 0.2) is 0 Å². The second-order valence-electron chi connectivity index (χ2n) is 3.20. The zero-order valence-corrected chi connectivity index (χ0v) is 13.5. The largest absolute Gasteiger partial charge is 0.245 e. The van der Waals surface area contributed by atoms with Crippen molar-refractivity contribution in [3.8, 4) is 0 Å². The summed E-state index contributed by atoms with van der Waals surface area (Å²) in [6.07, 6.45) is 0. The molecule has 68 valence electrons. The summed E-state index contributed by atoms with van der Waals surface area (Å²) in [5, 5.41) is 0. The summed E-state index contributed by atoms with van der Waals surface area (Å²) in [6, 6.07) is 15.8. The summed E-state index contributed by atoms with van der Waals surface area (Å²) in [4.78, 5) is 9.03. The molecule has 1 heterocycles. The number of para-hydroxylation sites is 4. The SMILES string of the molecule is [Na].[Na].c1ccc2nc3ccccc3nc2c1. The topological polar surface area (TPSA) is 25.8 Å². The number of hydrogen-bond acceptors (Lipinski definition) is 2. The Labute approximate surface area is 138 Å². The van der Waals surface area contributed by atoms with Crippen LogP contribution in [0, 0.1) is 0 Å². The summed E-state index contributed by atoms with van der Waals surface area (Å²) in [7, 11) is 0. The molecular formula is C12H8N2Na2. The van der Waals surface area contributed by atoms with Gasteiger partial charge in [0, 0.05) is 59.1 Å². The quantitative estimate of drug-likeness (QED) is 0.433. The van der Waals surface area contributed by atoms with Crippen molar-refractivity contribution >= 4 is 81.2 Å². The minimum atomic E-state index is 0. The molecular weight excluding hydrogens is 218 g/mol. The van der Waals surface area contributed by atoms with Crippen LogP contribution in [0.3, 0.4) is 0 Å². The Balaban J connectivity index is 0.000000640. The first kappa shape index (κ1) is 14.1. The Bertz CT molecular complexity index is 506. The van der Waals surface area contributed by atoms with E-state index >= 15 is 0 Å². The van der Waals surface area contributed by atoms with E-state index in [9.17, 15) is 0 Å². The third kappa shape index (κ3) is 2.65. The molecule has 3 aromatic rings. The fourth-order valence-corrected chi connectivity index (χ4v) is 1.57. The van der Waals surface area contributed by atoms with Gasteiger partial charge in [-0.15, -0.1) is 0 Å². The van der Waals surface area contributed by atoms with Crippen molar-refractivity contribution in [2.75, 3.05) is 0 Å². The number of hydrogen-bond donors (Lipinski definition) is 0. The van der Waals surface area contributed by atoms with Crippen molar-refractivity contribution in [3.63, 3.8) is 0 Å². The van der Waals surface area contributed by atoms with E-state index in [4.69, 9.17) is 0 Å². The summed E-state index contributed by atoms with van der Waals surface area (Å²) < 4.78 is 0. The summed E-state index contributed by atoms with van der Waals surface area (Å²) in [5.74, 6) is 0. The van der Waals surface area contributed by atoms with Gasteiger partial charge < -0.3 is 0 Å². The molecule has 0 bridgehead atoms. The zero-order valence-electron chi connectivity index (χ0n) is 9.51. The van der Waals surface area contributed by atoms with Crippen LogP contribution >= 0.6 is 0 Å². The molecule has 0 aliphatic rings. The first-order chi connectivity index (χ1) is 6.93. The second kappa shape index (κ2) is 6.10. The Morgan fingerprint density at radius 3 is 1.00 bits per heavy atom. The molecule has 0 unspecified atom stereocenters. The van der Waals surface area contributed by atoms with E-state index < -0.39 is 0 Å². The fourth-order valence-electron chi connectivity index (χ4n) is 1.57. The Kier molecular flexibility index (Phi) is 5.38. The van der Waals surface area contributed by atoms with E-state index in [1.807, 2.05) is 48.5 Å².